The zero-order valence-electron chi connectivity index (χ0n) is 10.7. The summed E-state index contributed by atoms with van der Waals surface area (Å²) in [6.45, 7) is 1.71. The summed E-state index contributed by atoms with van der Waals surface area (Å²) < 4.78 is 13.2. The van der Waals surface area contributed by atoms with Crippen LogP contribution in [0.15, 0.2) is 48.5 Å². The van der Waals surface area contributed by atoms with E-state index in [1.54, 1.807) is 19.1 Å². The Kier molecular flexibility index (Phi) is 4.23. The molecule has 1 nitrogen and oxygen atoms in total. The minimum Gasteiger partial charge on any atom is -0.385 e. The summed E-state index contributed by atoms with van der Waals surface area (Å²) in [4.78, 5) is 0. The largest absolute Gasteiger partial charge is 0.385 e. The van der Waals surface area contributed by atoms with Crippen molar-refractivity contribution in [2.24, 2.45) is 0 Å². The highest BCUT2D eigenvalue weighted by Crippen LogP contribution is 2.27. The normalized spacial score (nSPS) is 14.1. The van der Waals surface area contributed by atoms with Crippen LogP contribution in [0.2, 0.25) is 5.02 Å². The van der Waals surface area contributed by atoms with Crippen molar-refractivity contribution in [3.63, 3.8) is 0 Å². The van der Waals surface area contributed by atoms with Gasteiger partial charge in [0.05, 0.1) is 5.60 Å². The molecular weight excluding hydrogens is 263 g/mol. The Morgan fingerprint density at radius 2 is 1.84 bits per heavy atom. The first-order valence-electron chi connectivity index (χ1n) is 6.20. The molecule has 100 valence electrons. The molecule has 3 heteroatoms. The Hall–Kier alpha value is -1.38. The quantitative estimate of drug-likeness (QED) is 0.883. The molecule has 0 heterocycles. The number of hydrogen-bond donors (Lipinski definition) is 1. The van der Waals surface area contributed by atoms with E-state index in [-0.39, 0.29) is 5.82 Å². The van der Waals surface area contributed by atoms with Crippen LogP contribution >= 0.6 is 11.6 Å². The summed E-state index contributed by atoms with van der Waals surface area (Å²) in [5.74, 6) is -0.329. The molecule has 2 aromatic carbocycles. The minimum atomic E-state index is -1.04. The van der Waals surface area contributed by atoms with Crippen LogP contribution in [-0.4, -0.2) is 5.11 Å². The first-order valence-corrected chi connectivity index (χ1v) is 6.58. The highest BCUT2D eigenvalue weighted by Gasteiger charge is 2.23. The SMILES string of the molecule is CC(O)(CCc1ccc(Cl)cc1)c1cccc(F)c1. The Labute approximate surface area is 117 Å². The summed E-state index contributed by atoms with van der Waals surface area (Å²) in [5, 5.41) is 11.1. The summed E-state index contributed by atoms with van der Waals surface area (Å²) in [5.41, 5.74) is 0.657. The summed E-state index contributed by atoms with van der Waals surface area (Å²) in [6.07, 6.45) is 1.23. The number of aliphatic hydroxyl groups is 1. The lowest BCUT2D eigenvalue weighted by Crippen LogP contribution is -2.22. The van der Waals surface area contributed by atoms with Crippen molar-refractivity contribution in [2.75, 3.05) is 0 Å². The standard InChI is InChI=1S/C16H16ClFO/c1-16(19,13-3-2-4-15(18)11-13)10-9-12-5-7-14(17)8-6-12/h2-8,11,19H,9-10H2,1H3. The van der Waals surface area contributed by atoms with E-state index in [9.17, 15) is 9.50 Å². The molecule has 0 aliphatic carbocycles. The van der Waals surface area contributed by atoms with E-state index in [1.807, 2.05) is 24.3 Å². The second kappa shape index (κ2) is 5.72. The second-order valence-corrected chi connectivity index (χ2v) is 5.35. The molecule has 0 saturated heterocycles. The van der Waals surface area contributed by atoms with Crippen LogP contribution in [-0.2, 0) is 12.0 Å². The van der Waals surface area contributed by atoms with Crippen LogP contribution < -0.4 is 0 Å². The average molecular weight is 279 g/mol. The number of aryl methyl sites for hydroxylation is 1. The molecule has 1 N–H and O–H groups in total. The zero-order valence-corrected chi connectivity index (χ0v) is 11.5. The van der Waals surface area contributed by atoms with E-state index in [0.29, 0.717) is 23.4 Å². The van der Waals surface area contributed by atoms with Gasteiger partial charge in [0.1, 0.15) is 5.82 Å². The van der Waals surface area contributed by atoms with Gasteiger partial charge in [0.2, 0.25) is 0 Å². The highest BCUT2D eigenvalue weighted by molar-refractivity contribution is 6.30. The van der Waals surface area contributed by atoms with Crippen LogP contribution in [0.1, 0.15) is 24.5 Å². The maximum atomic E-state index is 13.2. The minimum absolute atomic E-state index is 0.329. The fourth-order valence-electron chi connectivity index (χ4n) is 2.01. The van der Waals surface area contributed by atoms with Crippen molar-refractivity contribution < 1.29 is 9.50 Å². The molecule has 1 unspecified atom stereocenters. The Morgan fingerprint density at radius 3 is 2.47 bits per heavy atom. The van der Waals surface area contributed by atoms with Crippen molar-refractivity contribution in [3.8, 4) is 0 Å². The van der Waals surface area contributed by atoms with E-state index in [1.165, 1.54) is 12.1 Å². The fourth-order valence-corrected chi connectivity index (χ4v) is 2.13. The molecule has 1 atom stereocenters. The van der Waals surface area contributed by atoms with Crippen LogP contribution in [0.25, 0.3) is 0 Å². The maximum Gasteiger partial charge on any atom is 0.123 e. The van der Waals surface area contributed by atoms with E-state index in [0.717, 1.165) is 5.56 Å². The highest BCUT2D eigenvalue weighted by atomic mass is 35.5. The Bertz CT molecular complexity index is 549. The third kappa shape index (κ3) is 3.79. The molecule has 0 amide bonds. The second-order valence-electron chi connectivity index (χ2n) is 4.91. The van der Waals surface area contributed by atoms with E-state index < -0.39 is 5.60 Å². The third-order valence-corrected chi connectivity index (χ3v) is 3.51. The van der Waals surface area contributed by atoms with Crippen molar-refractivity contribution in [2.45, 2.75) is 25.4 Å². The molecule has 0 saturated carbocycles. The molecule has 0 fully saturated rings. The summed E-state index contributed by atoms with van der Waals surface area (Å²) >= 11 is 5.82. The molecule has 0 aliphatic heterocycles. The van der Waals surface area contributed by atoms with Gasteiger partial charge in [0.15, 0.2) is 0 Å². The molecule has 0 spiro atoms. The van der Waals surface area contributed by atoms with Gasteiger partial charge in [-0.25, -0.2) is 4.39 Å². The average Bonchev–Trinajstić information content (AvgIpc) is 2.38. The van der Waals surface area contributed by atoms with Gasteiger partial charge < -0.3 is 5.11 Å². The van der Waals surface area contributed by atoms with Crippen molar-refractivity contribution in [1.29, 1.82) is 0 Å². The lowest BCUT2D eigenvalue weighted by Gasteiger charge is -2.24. The van der Waals surface area contributed by atoms with Gasteiger partial charge in [0.25, 0.3) is 0 Å². The number of rotatable bonds is 4. The smallest absolute Gasteiger partial charge is 0.123 e. The first kappa shape index (κ1) is 14.0. The maximum absolute atomic E-state index is 13.2. The van der Waals surface area contributed by atoms with Crippen molar-refractivity contribution in [1.82, 2.24) is 0 Å². The predicted octanol–water partition coefficient (Wildman–Crippen LogP) is 4.32. The van der Waals surface area contributed by atoms with Crippen LogP contribution in [0.3, 0.4) is 0 Å². The zero-order chi connectivity index (χ0) is 13.9. The molecular formula is C16H16ClFO. The van der Waals surface area contributed by atoms with Gasteiger partial charge in [-0.15, -0.1) is 0 Å². The number of hydrogen-bond acceptors (Lipinski definition) is 1. The molecule has 0 aliphatic rings. The fraction of sp³-hybridized carbons (Fsp3) is 0.250. The lowest BCUT2D eigenvalue weighted by molar-refractivity contribution is 0.0477. The Balaban J connectivity index is 2.07. The van der Waals surface area contributed by atoms with Gasteiger partial charge in [0, 0.05) is 5.02 Å². The van der Waals surface area contributed by atoms with Gasteiger partial charge >= 0.3 is 0 Å². The van der Waals surface area contributed by atoms with Crippen molar-refractivity contribution >= 4 is 11.6 Å². The van der Waals surface area contributed by atoms with E-state index >= 15 is 0 Å². The molecule has 2 rings (SSSR count). The van der Waals surface area contributed by atoms with E-state index in [4.69, 9.17) is 11.6 Å². The van der Waals surface area contributed by atoms with Gasteiger partial charge in [-0.1, -0.05) is 35.9 Å². The van der Waals surface area contributed by atoms with Gasteiger partial charge in [-0.2, -0.15) is 0 Å². The van der Waals surface area contributed by atoms with Gasteiger partial charge in [-0.05, 0) is 55.2 Å². The summed E-state index contributed by atoms with van der Waals surface area (Å²) in [7, 11) is 0. The lowest BCUT2D eigenvalue weighted by atomic mass is 9.89. The predicted molar refractivity (Wildman–Crippen MR) is 75.7 cm³/mol. The molecule has 19 heavy (non-hydrogen) atoms. The van der Waals surface area contributed by atoms with Crippen molar-refractivity contribution in [3.05, 3.63) is 70.5 Å². The van der Waals surface area contributed by atoms with E-state index in [2.05, 4.69) is 0 Å². The summed E-state index contributed by atoms with van der Waals surface area (Å²) in [6, 6.07) is 13.6. The van der Waals surface area contributed by atoms with Crippen LogP contribution in [0.5, 0.6) is 0 Å². The number of benzene rings is 2. The molecule has 0 aromatic heterocycles. The molecule has 0 radical (unpaired) electrons. The van der Waals surface area contributed by atoms with Crippen LogP contribution in [0, 0.1) is 5.82 Å². The number of halogens is 2. The first-order chi connectivity index (χ1) is 8.97. The monoisotopic (exact) mass is 278 g/mol. The molecule has 0 bridgehead atoms. The molecule has 2 aromatic rings. The topological polar surface area (TPSA) is 20.2 Å². The van der Waals surface area contributed by atoms with Crippen LogP contribution in [0.4, 0.5) is 4.39 Å². The third-order valence-electron chi connectivity index (χ3n) is 3.26. The Morgan fingerprint density at radius 1 is 1.16 bits per heavy atom. The van der Waals surface area contributed by atoms with Gasteiger partial charge in [-0.3, -0.25) is 0 Å².